The van der Waals surface area contributed by atoms with Gasteiger partial charge in [0.05, 0.1) is 17.5 Å². The number of amides is 1. The summed E-state index contributed by atoms with van der Waals surface area (Å²) in [6.07, 6.45) is -0.502. The molecule has 1 aliphatic rings. The van der Waals surface area contributed by atoms with E-state index in [9.17, 15) is 9.90 Å². The molecule has 2 N–H and O–H groups in total. The second-order valence-electron chi connectivity index (χ2n) is 8.46. The van der Waals surface area contributed by atoms with Crippen LogP contribution < -0.4 is 10.3 Å². The molecule has 0 saturated heterocycles. The lowest BCUT2D eigenvalue weighted by Gasteiger charge is -2.32. The fraction of sp³-hybridized carbons (Fsp3) is 0.259. The van der Waals surface area contributed by atoms with Gasteiger partial charge in [-0.1, -0.05) is 92.7 Å². The monoisotopic (exact) mass is 427 g/mol. The summed E-state index contributed by atoms with van der Waals surface area (Å²) in [6.45, 7) is 4.47. The van der Waals surface area contributed by atoms with Crippen LogP contribution in [0.4, 0.5) is 5.69 Å². The largest absolute Gasteiger partial charge is 0.392 e. The van der Waals surface area contributed by atoms with Crippen LogP contribution in [0.5, 0.6) is 0 Å². The molecular weight excluding hydrogens is 398 g/mol. The highest BCUT2D eigenvalue weighted by atomic mass is 16.3. The maximum atomic E-state index is 14.2. The van der Waals surface area contributed by atoms with Gasteiger partial charge in [-0.3, -0.25) is 4.79 Å². The second kappa shape index (κ2) is 9.47. The standard InChI is InChI=1S/C27H29N3O2/c1-20(2)28-19-24(31)18-27(22-14-8-4-9-15-22)25(21-12-6-3-7-13-21)29-30(26(27)32)23-16-10-5-11-17-23/h3-17,20,24,28,31H,18-19H2,1-2H3/t24-,27-/m0/s1. The highest BCUT2D eigenvalue weighted by Gasteiger charge is 2.54. The third kappa shape index (κ3) is 4.22. The van der Waals surface area contributed by atoms with Gasteiger partial charge in [0, 0.05) is 12.6 Å². The number of para-hydroxylation sites is 1. The zero-order chi connectivity index (χ0) is 22.6. The number of benzene rings is 3. The molecule has 0 aliphatic carbocycles. The molecular formula is C27H29N3O2. The molecule has 1 heterocycles. The first-order valence-electron chi connectivity index (χ1n) is 11.0. The van der Waals surface area contributed by atoms with Crippen molar-refractivity contribution in [3.05, 3.63) is 102 Å². The maximum absolute atomic E-state index is 14.2. The molecule has 32 heavy (non-hydrogen) atoms. The van der Waals surface area contributed by atoms with Crippen LogP contribution in [-0.4, -0.2) is 35.4 Å². The van der Waals surface area contributed by atoms with E-state index in [1.807, 2.05) is 105 Å². The molecule has 5 heteroatoms. The van der Waals surface area contributed by atoms with Gasteiger partial charge in [0.2, 0.25) is 0 Å². The van der Waals surface area contributed by atoms with Crippen molar-refractivity contribution in [3.8, 4) is 0 Å². The van der Waals surface area contributed by atoms with Crippen molar-refractivity contribution < 1.29 is 9.90 Å². The number of nitrogens with one attached hydrogen (secondary N) is 1. The Morgan fingerprint density at radius 2 is 1.47 bits per heavy atom. The molecule has 0 unspecified atom stereocenters. The Hall–Kier alpha value is -3.28. The van der Waals surface area contributed by atoms with Crippen molar-refractivity contribution in [2.75, 3.05) is 11.6 Å². The normalized spacial score (nSPS) is 19.3. The van der Waals surface area contributed by atoms with Gasteiger partial charge < -0.3 is 10.4 Å². The lowest BCUT2D eigenvalue weighted by Crippen LogP contribution is -2.48. The molecule has 4 rings (SSSR count). The summed E-state index contributed by atoms with van der Waals surface area (Å²) in [4.78, 5) is 14.2. The van der Waals surface area contributed by atoms with E-state index in [1.165, 1.54) is 5.01 Å². The van der Waals surface area contributed by atoms with Gasteiger partial charge in [0.15, 0.2) is 0 Å². The van der Waals surface area contributed by atoms with Gasteiger partial charge in [0.25, 0.3) is 5.91 Å². The first kappa shape index (κ1) is 21.9. The molecule has 1 aliphatic heterocycles. The van der Waals surface area contributed by atoms with Crippen LogP contribution in [0.25, 0.3) is 0 Å². The Morgan fingerprint density at radius 3 is 2.06 bits per heavy atom. The smallest absolute Gasteiger partial charge is 0.264 e. The molecule has 3 aromatic carbocycles. The van der Waals surface area contributed by atoms with Gasteiger partial charge in [-0.2, -0.15) is 10.1 Å². The third-order valence-corrected chi connectivity index (χ3v) is 5.78. The summed E-state index contributed by atoms with van der Waals surface area (Å²) in [5.41, 5.74) is 1.96. The Morgan fingerprint density at radius 1 is 0.906 bits per heavy atom. The summed E-state index contributed by atoms with van der Waals surface area (Å²) < 4.78 is 0. The summed E-state index contributed by atoms with van der Waals surface area (Å²) in [7, 11) is 0. The van der Waals surface area contributed by atoms with Gasteiger partial charge in [-0.25, -0.2) is 0 Å². The number of anilines is 1. The number of nitrogens with zero attached hydrogens (tertiary/aromatic N) is 2. The van der Waals surface area contributed by atoms with Gasteiger partial charge in [-0.15, -0.1) is 0 Å². The van der Waals surface area contributed by atoms with E-state index in [0.717, 1.165) is 11.1 Å². The number of hydrogen-bond acceptors (Lipinski definition) is 4. The highest BCUT2D eigenvalue weighted by Crippen LogP contribution is 2.42. The van der Waals surface area contributed by atoms with Crippen LogP contribution in [0.3, 0.4) is 0 Å². The number of carbonyl (C=O) groups excluding carboxylic acids is 1. The minimum Gasteiger partial charge on any atom is -0.392 e. The van der Waals surface area contributed by atoms with E-state index in [1.54, 1.807) is 0 Å². The van der Waals surface area contributed by atoms with Crippen LogP contribution in [-0.2, 0) is 10.2 Å². The topological polar surface area (TPSA) is 64.9 Å². The van der Waals surface area contributed by atoms with Crippen molar-refractivity contribution in [2.24, 2.45) is 5.10 Å². The zero-order valence-corrected chi connectivity index (χ0v) is 18.5. The van der Waals surface area contributed by atoms with Crippen molar-refractivity contribution >= 4 is 17.3 Å². The average Bonchev–Trinajstić information content (AvgIpc) is 3.12. The number of aliphatic hydroxyl groups is 1. The Balaban J connectivity index is 1.87. The van der Waals surface area contributed by atoms with Crippen molar-refractivity contribution in [1.82, 2.24) is 5.32 Å². The van der Waals surface area contributed by atoms with E-state index < -0.39 is 11.5 Å². The highest BCUT2D eigenvalue weighted by molar-refractivity contribution is 6.29. The SMILES string of the molecule is CC(C)NC[C@@H](O)C[C@@]1(c2ccccc2)C(=O)N(c2ccccc2)N=C1c1ccccc1. The molecule has 0 bridgehead atoms. The first-order chi connectivity index (χ1) is 15.5. The van der Waals surface area contributed by atoms with E-state index in [-0.39, 0.29) is 18.4 Å². The quantitative estimate of drug-likeness (QED) is 0.568. The molecule has 0 fully saturated rings. The Bertz CT molecular complexity index is 1070. The lowest BCUT2D eigenvalue weighted by molar-refractivity contribution is -0.122. The predicted molar refractivity (Wildman–Crippen MR) is 129 cm³/mol. The number of hydrazone groups is 1. The average molecular weight is 428 g/mol. The van der Waals surface area contributed by atoms with Crippen molar-refractivity contribution in [3.63, 3.8) is 0 Å². The molecule has 1 amide bonds. The summed E-state index contributed by atoms with van der Waals surface area (Å²) >= 11 is 0. The first-order valence-corrected chi connectivity index (χ1v) is 11.0. The molecule has 164 valence electrons. The third-order valence-electron chi connectivity index (χ3n) is 5.78. The van der Waals surface area contributed by atoms with Gasteiger partial charge >= 0.3 is 0 Å². The van der Waals surface area contributed by atoms with E-state index in [0.29, 0.717) is 17.9 Å². The second-order valence-corrected chi connectivity index (χ2v) is 8.46. The summed E-state index contributed by atoms with van der Waals surface area (Å²) in [5, 5.41) is 20.7. The van der Waals surface area contributed by atoms with Gasteiger partial charge in [0.1, 0.15) is 5.41 Å². The van der Waals surface area contributed by atoms with E-state index in [2.05, 4.69) is 5.32 Å². The fourth-order valence-corrected chi connectivity index (χ4v) is 4.24. The van der Waals surface area contributed by atoms with Crippen LogP contribution in [0.2, 0.25) is 0 Å². The number of hydrogen-bond donors (Lipinski definition) is 2. The van der Waals surface area contributed by atoms with E-state index >= 15 is 0 Å². The maximum Gasteiger partial charge on any atom is 0.264 e. The fourth-order valence-electron chi connectivity index (χ4n) is 4.24. The molecule has 0 radical (unpaired) electrons. The number of rotatable bonds is 8. The molecule has 0 spiro atoms. The molecule has 3 aromatic rings. The van der Waals surface area contributed by atoms with Crippen LogP contribution in [0.1, 0.15) is 31.4 Å². The summed E-state index contributed by atoms with van der Waals surface area (Å²) in [6, 6.07) is 29.2. The minimum absolute atomic E-state index is 0.155. The summed E-state index contributed by atoms with van der Waals surface area (Å²) in [5.74, 6) is -0.155. The van der Waals surface area contributed by atoms with Crippen LogP contribution >= 0.6 is 0 Å². The predicted octanol–water partition coefficient (Wildman–Crippen LogP) is 4.12. The van der Waals surface area contributed by atoms with Crippen molar-refractivity contribution in [2.45, 2.75) is 37.8 Å². The van der Waals surface area contributed by atoms with Crippen LogP contribution in [0.15, 0.2) is 96.1 Å². The zero-order valence-electron chi connectivity index (χ0n) is 18.5. The van der Waals surface area contributed by atoms with E-state index in [4.69, 9.17) is 5.10 Å². The Labute approximate surface area is 189 Å². The minimum atomic E-state index is -1.10. The number of carbonyl (C=O) groups is 1. The Kier molecular flexibility index (Phi) is 6.49. The lowest BCUT2D eigenvalue weighted by atomic mass is 9.70. The van der Waals surface area contributed by atoms with Gasteiger partial charge in [-0.05, 0) is 29.7 Å². The molecule has 0 aromatic heterocycles. The van der Waals surface area contributed by atoms with Crippen LogP contribution in [0, 0.1) is 0 Å². The number of aliphatic hydroxyl groups excluding tert-OH is 1. The molecule has 0 saturated carbocycles. The van der Waals surface area contributed by atoms with Crippen molar-refractivity contribution in [1.29, 1.82) is 0 Å². The molecule has 2 atom stereocenters. The molecule has 5 nitrogen and oxygen atoms in total.